The van der Waals surface area contributed by atoms with Crippen molar-refractivity contribution in [2.24, 2.45) is 11.8 Å². The SMILES string of the molecule is CC(=O)N(C)C1C(O)CC(OCC[C@@H](C)CCCC(C)C)(C(=O)O)OC1C[C@H](O)CO. The second-order valence-electron chi connectivity index (χ2n) is 9.25. The van der Waals surface area contributed by atoms with Gasteiger partial charge in [-0.3, -0.25) is 4.79 Å². The molecule has 182 valence electrons. The second-order valence-corrected chi connectivity index (χ2v) is 9.25. The smallest absolute Gasteiger partial charge is 0.364 e. The van der Waals surface area contributed by atoms with Crippen LogP contribution in [0.2, 0.25) is 0 Å². The normalized spacial score (nSPS) is 28.4. The van der Waals surface area contributed by atoms with Crippen LogP contribution in [-0.4, -0.2) is 87.6 Å². The highest BCUT2D eigenvalue weighted by Crippen LogP contribution is 2.35. The number of carbonyl (C=O) groups excluding carboxylic acids is 1. The van der Waals surface area contributed by atoms with Crippen molar-refractivity contribution in [3.8, 4) is 0 Å². The van der Waals surface area contributed by atoms with Crippen molar-refractivity contribution in [2.45, 2.75) is 96.4 Å². The van der Waals surface area contributed by atoms with E-state index < -0.39 is 42.7 Å². The number of hydrogen-bond donors (Lipinski definition) is 4. The third-order valence-corrected chi connectivity index (χ3v) is 6.00. The van der Waals surface area contributed by atoms with Gasteiger partial charge in [-0.05, 0) is 18.3 Å². The van der Waals surface area contributed by atoms with Crippen LogP contribution >= 0.6 is 0 Å². The van der Waals surface area contributed by atoms with Crippen molar-refractivity contribution in [1.82, 2.24) is 4.90 Å². The van der Waals surface area contributed by atoms with Gasteiger partial charge in [-0.1, -0.05) is 40.0 Å². The van der Waals surface area contributed by atoms with Crippen molar-refractivity contribution in [1.29, 1.82) is 0 Å². The first-order valence-electron chi connectivity index (χ1n) is 11.2. The van der Waals surface area contributed by atoms with E-state index in [-0.39, 0.29) is 25.4 Å². The molecule has 0 aliphatic carbocycles. The third kappa shape index (κ3) is 8.31. The Kier molecular flexibility index (Phi) is 11.4. The number of hydrogen-bond acceptors (Lipinski definition) is 7. The maximum Gasteiger partial charge on any atom is 0.364 e. The molecule has 1 aliphatic rings. The summed E-state index contributed by atoms with van der Waals surface area (Å²) in [6, 6.07) is -0.871. The quantitative estimate of drug-likeness (QED) is 0.332. The molecule has 1 amide bonds. The first kappa shape index (κ1) is 27.8. The van der Waals surface area contributed by atoms with Crippen LogP contribution in [0.5, 0.6) is 0 Å². The Hall–Kier alpha value is -1.26. The van der Waals surface area contributed by atoms with E-state index in [0.29, 0.717) is 18.3 Å². The molecule has 6 atom stereocenters. The lowest BCUT2D eigenvalue weighted by molar-refractivity contribution is -0.305. The van der Waals surface area contributed by atoms with Crippen molar-refractivity contribution in [3.63, 3.8) is 0 Å². The number of rotatable bonds is 13. The van der Waals surface area contributed by atoms with Crippen LogP contribution in [0.3, 0.4) is 0 Å². The fourth-order valence-corrected chi connectivity index (χ4v) is 3.99. The Labute approximate surface area is 185 Å². The molecule has 0 aromatic carbocycles. The van der Waals surface area contributed by atoms with E-state index in [0.717, 1.165) is 19.3 Å². The number of likely N-dealkylation sites (N-methyl/N-ethyl adjacent to an activating group) is 1. The standard InChI is InChI=1S/C22H41NO8/c1-14(2)7-6-8-15(3)9-10-30-22(21(28)29)12-18(27)20(23(5)16(4)25)19(31-22)11-17(26)13-24/h14-15,17-20,24,26-27H,6-13H2,1-5H3,(H,28,29)/t15-,17-,18?,19?,20?,22?/m0/s1. The molecular weight excluding hydrogens is 406 g/mol. The number of aliphatic hydroxyl groups is 3. The first-order chi connectivity index (χ1) is 14.4. The zero-order chi connectivity index (χ0) is 23.8. The molecule has 9 heteroatoms. The molecule has 1 fully saturated rings. The molecule has 0 radical (unpaired) electrons. The molecule has 0 aromatic heterocycles. The molecule has 31 heavy (non-hydrogen) atoms. The number of carbonyl (C=O) groups is 2. The summed E-state index contributed by atoms with van der Waals surface area (Å²) in [5.41, 5.74) is 0. The minimum absolute atomic E-state index is 0.143. The molecule has 4 N–H and O–H groups in total. The Morgan fingerprint density at radius 3 is 2.39 bits per heavy atom. The highest BCUT2D eigenvalue weighted by Gasteiger charge is 2.54. The summed E-state index contributed by atoms with van der Waals surface area (Å²) >= 11 is 0. The molecule has 0 spiro atoms. The topological polar surface area (TPSA) is 137 Å². The van der Waals surface area contributed by atoms with Gasteiger partial charge in [0.1, 0.15) is 0 Å². The number of carboxylic acid groups (broad SMARTS) is 1. The van der Waals surface area contributed by atoms with Gasteiger partial charge in [0.2, 0.25) is 5.91 Å². The van der Waals surface area contributed by atoms with E-state index in [1.54, 1.807) is 0 Å². The lowest BCUT2D eigenvalue weighted by atomic mass is 9.89. The van der Waals surface area contributed by atoms with Crippen LogP contribution in [0.15, 0.2) is 0 Å². The van der Waals surface area contributed by atoms with Crippen LogP contribution in [0.4, 0.5) is 0 Å². The van der Waals surface area contributed by atoms with Gasteiger partial charge in [0.05, 0.1) is 37.6 Å². The molecule has 1 rings (SSSR count). The molecule has 0 saturated carbocycles. The molecule has 4 unspecified atom stereocenters. The monoisotopic (exact) mass is 447 g/mol. The second kappa shape index (κ2) is 12.7. The Balaban J connectivity index is 2.89. The van der Waals surface area contributed by atoms with E-state index >= 15 is 0 Å². The third-order valence-electron chi connectivity index (χ3n) is 6.00. The minimum atomic E-state index is -2.08. The highest BCUT2D eigenvalue weighted by atomic mass is 16.7. The van der Waals surface area contributed by atoms with E-state index in [1.807, 2.05) is 0 Å². The van der Waals surface area contributed by atoms with Gasteiger partial charge in [-0.15, -0.1) is 0 Å². The average molecular weight is 448 g/mol. The van der Waals surface area contributed by atoms with Gasteiger partial charge in [-0.2, -0.15) is 0 Å². The molecule has 0 bridgehead atoms. The predicted molar refractivity (Wildman–Crippen MR) is 114 cm³/mol. The Morgan fingerprint density at radius 2 is 1.87 bits per heavy atom. The molecule has 1 saturated heterocycles. The summed E-state index contributed by atoms with van der Waals surface area (Å²) in [5, 5.41) is 39.7. The van der Waals surface area contributed by atoms with Crippen LogP contribution in [0.25, 0.3) is 0 Å². The van der Waals surface area contributed by atoms with Gasteiger partial charge in [0.15, 0.2) is 0 Å². The fourth-order valence-electron chi connectivity index (χ4n) is 3.99. The number of aliphatic hydroxyl groups excluding tert-OH is 3. The average Bonchev–Trinajstić information content (AvgIpc) is 2.66. The van der Waals surface area contributed by atoms with Crippen LogP contribution < -0.4 is 0 Å². The van der Waals surface area contributed by atoms with Crippen LogP contribution in [0.1, 0.15) is 66.2 Å². The molecule has 1 heterocycles. The Bertz CT molecular complexity index is 572. The molecular formula is C22H41NO8. The lowest BCUT2D eigenvalue weighted by Gasteiger charge is -2.47. The first-order valence-corrected chi connectivity index (χ1v) is 11.2. The molecule has 9 nitrogen and oxygen atoms in total. The zero-order valence-electron chi connectivity index (χ0n) is 19.5. The summed E-state index contributed by atoms with van der Waals surface area (Å²) < 4.78 is 11.5. The van der Waals surface area contributed by atoms with E-state index in [4.69, 9.17) is 9.47 Å². The zero-order valence-corrected chi connectivity index (χ0v) is 19.5. The maximum absolute atomic E-state index is 12.1. The van der Waals surface area contributed by atoms with Gasteiger partial charge in [-0.25, -0.2) is 4.79 Å². The van der Waals surface area contributed by atoms with Crippen LogP contribution in [0, 0.1) is 11.8 Å². The minimum Gasteiger partial charge on any atom is -0.477 e. The van der Waals surface area contributed by atoms with Gasteiger partial charge < -0.3 is 34.8 Å². The van der Waals surface area contributed by atoms with Crippen molar-refractivity contribution < 1.29 is 39.5 Å². The van der Waals surface area contributed by atoms with Crippen molar-refractivity contribution in [2.75, 3.05) is 20.3 Å². The highest BCUT2D eigenvalue weighted by molar-refractivity contribution is 5.76. The summed E-state index contributed by atoms with van der Waals surface area (Å²) in [6.07, 6.45) is -0.0617. The number of nitrogens with zero attached hydrogens (tertiary/aromatic N) is 1. The van der Waals surface area contributed by atoms with Gasteiger partial charge in [0.25, 0.3) is 5.79 Å². The largest absolute Gasteiger partial charge is 0.477 e. The van der Waals surface area contributed by atoms with Crippen molar-refractivity contribution >= 4 is 11.9 Å². The van der Waals surface area contributed by atoms with Crippen LogP contribution in [-0.2, 0) is 19.1 Å². The van der Waals surface area contributed by atoms with Gasteiger partial charge >= 0.3 is 5.97 Å². The fraction of sp³-hybridized carbons (Fsp3) is 0.909. The summed E-state index contributed by atoms with van der Waals surface area (Å²) in [7, 11) is 1.48. The van der Waals surface area contributed by atoms with E-state index in [1.165, 1.54) is 18.9 Å². The molecule has 0 aromatic rings. The summed E-state index contributed by atoms with van der Waals surface area (Å²) in [5.74, 6) is -2.79. The number of amides is 1. The summed E-state index contributed by atoms with van der Waals surface area (Å²) in [4.78, 5) is 25.2. The predicted octanol–water partition coefficient (Wildman–Crippen LogP) is 1.38. The summed E-state index contributed by atoms with van der Waals surface area (Å²) in [6.45, 7) is 7.36. The van der Waals surface area contributed by atoms with E-state index in [2.05, 4.69) is 20.8 Å². The van der Waals surface area contributed by atoms with Gasteiger partial charge in [0, 0.05) is 26.8 Å². The Morgan fingerprint density at radius 1 is 1.23 bits per heavy atom. The number of carboxylic acids is 1. The molecule has 1 aliphatic heterocycles. The van der Waals surface area contributed by atoms with Crippen molar-refractivity contribution in [3.05, 3.63) is 0 Å². The number of aliphatic carboxylic acids is 1. The maximum atomic E-state index is 12.1. The van der Waals surface area contributed by atoms with E-state index in [9.17, 15) is 30.0 Å². The lowest BCUT2D eigenvalue weighted by Crippen LogP contribution is -2.64. The number of ether oxygens (including phenoxy) is 2.